The van der Waals surface area contributed by atoms with Crippen LogP contribution in [0, 0.1) is 6.57 Å². The Kier molecular flexibility index (Phi) is 4.96. The highest BCUT2D eigenvalue weighted by Crippen LogP contribution is 2.37. The van der Waals surface area contributed by atoms with Gasteiger partial charge >= 0.3 is 6.09 Å². The molecule has 0 unspecified atom stereocenters. The molecule has 3 aromatic heterocycles. The zero-order valence-electron chi connectivity index (χ0n) is 16.2. The van der Waals surface area contributed by atoms with Gasteiger partial charge in [0, 0.05) is 26.3 Å². The second-order valence-electron chi connectivity index (χ2n) is 7.32. The van der Waals surface area contributed by atoms with Crippen LogP contribution >= 0.6 is 0 Å². The Labute approximate surface area is 161 Å². The zero-order chi connectivity index (χ0) is 20.5. The number of carbonyl (C=O) groups is 1. The minimum absolute atomic E-state index is 0.224. The van der Waals surface area contributed by atoms with Crippen molar-refractivity contribution in [2.45, 2.75) is 32.9 Å². The summed E-state index contributed by atoms with van der Waals surface area (Å²) in [6.45, 7) is 13.5. The van der Waals surface area contributed by atoms with Crippen LogP contribution in [0.5, 0.6) is 0 Å². The number of rotatable bonds is 4. The van der Waals surface area contributed by atoms with E-state index in [1.165, 1.54) is 6.33 Å². The average Bonchev–Trinajstić information content (AvgIpc) is 3.14. The normalized spacial score (nSPS) is 11.4. The molecule has 0 saturated carbocycles. The van der Waals surface area contributed by atoms with Crippen LogP contribution in [0.25, 0.3) is 27.3 Å². The van der Waals surface area contributed by atoms with Gasteiger partial charge in [0.1, 0.15) is 16.6 Å². The molecule has 2 N–H and O–H groups in total. The van der Waals surface area contributed by atoms with Crippen molar-refractivity contribution >= 4 is 22.8 Å². The first-order valence-corrected chi connectivity index (χ1v) is 8.79. The van der Waals surface area contributed by atoms with E-state index >= 15 is 0 Å². The first-order valence-electron chi connectivity index (χ1n) is 8.79. The lowest BCUT2D eigenvalue weighted by molar-refractivity contribution is 0.0526. The molecule has 0 spiro atoms. The molecule has 9 heteroatoms. The third-order valence-electron chi connectivity index (χ3n) is 4.12. The second-order valence-corrected chi connectivity index (χ2v) is 7.32. The van der Waals surface area contributed by atoms with Crippen molar-refractivity contribution in [3.8, 4) is 11.4 Å². The van der Waals surface area contributed by atoms with Gasteiger partial charge in [0.25, 0.3) is 5.56 Å². The Morgan fingerprint density at radius 2 is 2.18 bits per heavy atom. The highest BCUT2D eigenvalue weighted by Gasteiger charge is 2.23. The monoisotopic (exact) mass is 382 g/mol. The lowest BCUT2D eigenvalue weighted by atomic mass is 10.2. The molecule has 3 aromatic rings. The van der Waals surface area contributed by atoms with Crippen molar-refractivity contribution in [3.63, 3.8) is 0 Å². The van der Waals surface area contributed by atoms with Crippen molar-refractivity contribution in [2.24, 2.45) is 7.05 Å². The summed E-state index contributed by atoms with van der Waals surface area (Å²) in [5.41, 5.74) is 1.38. The summed E-state index contributed by atoms with van der Waals surface area (Å²) in [5, 5.41) is 2.69. The first kappa shape index (κ1) is 19.2. The third-order valence-corrected chi connectivity index (χ3v) is 4.12. The highest BCUT2D eigenvalue weighted by molar-refractivity contribution is 5.99. The van der Waals surface area contributed by atoms with E-state index in [0.29, 0.717) is 22.4 Å². The molecule has 0 aliphatic carbocycles. The number of nitrogens with one attached hydrogen (secondary N) is 2. The number of amides is 1. The molecule has 0 aromatic carbocycles. The number of aryl methyl sites for hydroxylation is 1. The fraction of sp³-hybridized carbons (Fsp3) is 0.368. The quantitative estimate of drug-likeness (QED) is 0.678. The van der Waals surface area contributed by atoms with Gasteiger partial charge in [-0.3, -0.25) is 4.79 Å². The van der Waals surface area contributed by atoms with E-state index in [1.54, 1.807) is 25.3 Å². The Morgan fingerprint density at radius 1 is 1.43 bits per heavy atom. The first-order chi connectivity index (χ1) is 13.2. The lowest BCUT2D eigenvalue weighted by Gasteiger charge is -2.20. The molecule has 0 radical (unpaired) electrons. The molecular formula is C19H22N6O3. The van der Waals surface area contributed by atoms with Crippen LogP contribution in [0.1, 0.15) is 20.8 Å². The van der Waals surface area contributed by atoms with E-state index in [-0.39, 0.29) is 18.6 Å². The average molecular weight is 382 g/mol. The standard InChI is InChI=1S/C19H22N6O3/c1-19(2,3)28-18(27)21-8-10-25-15(12-7-6-9-24(12)5)13(20-4)14-16(25)17(26)23-11-22-14/h6-7,9,11H,8,10H2,1-3,5H3,(H,21,27)(H,22,23,26). The number of hydrogen-bond donors (Lipinski definition) is 2. The van der Waals surface area contributed by atoms with E-state index in [1.807, 2.05) is 29.9 Å². The lowest BCUT2D eigenvalue weighted by Crippen LogP contribution is -2.34. The van der Waals surface area contributed by atoms with Crippen molar-refractivity contribution in [1.82, 2.24) is 24.4 Å². The number of H-pyrrole nitrogens is 1. The number of aromatic amines is 1. The van der Waals surface area contributed by atoms with Crippen molar-refractivity contribution in [1.29, 1.82) is 0 Å². The van der Waals surface area contributed by atoms with Crippen LogP contribution < -0.4 is 10.9 Å². The maximum absolute atomic E-state index is 12.5. The molecule has 0 atom stereocenters. The predicted octanol–water partition coefficient (Wildman–Crippen LogP) is 2.81. The number of ether oxygens (including phenoxy) is 1. The van der Waals surface area contributed by atoms with Crippen LogP contribution in [-0.2, 0) is 18.3 Å². The summed E-state index contributed by atoms with van der Waals surface area (Å²) < 4.78 is 8.84. The maximum Gasteiger partial charge on any atom is 0.407 e. The van der Waals surface area contributed by atoms with E-state index in [4.69, 9.17) is 11.3 Å². The molecule has 3 heterocycles. The Balaban J connectivity index is 2.04. The van der Waals surface area contributed by atoms with Gasteiger partial charge in [0.15, 0.2) is 0 Å². The van der Waals surface area contributed by atoms with Crippen molar-refractivity contribution in [2.75, 3.05) is 6.54 Å². The molecule has 28 heavy (non-hydrogen) atoms. The summed E-state index contributed by atoms with van der Waals surface area (Å²) in [7, 11) is 1.86. The minimum Gasteiger partial charge on any atom is -0.444 e. The number of aromatic nitrogens is 4. The Hall–Kier alpha value is -3.54. The van der Waals surface area contributed by atoms with Gasteiger partial charge in [-0.25, -0.2) is 14.6 Å². The minimum atomic E-state index is -0.600. The third kappa shape index (κ3) is 3.62. The van der Waals surface area contributed by atoms with Gasteiger partial charge in [-0.1, -0.05) is 0 Å². The van der Waals surface area contributed by atoms with Gasteiger partial charge in [0.2, 0.25) is 5.69 Å². The van der Waals surface area contributed by atoms with E-state index in [0.717, 1.165) is 5.69 Å². The fourth-order valence-electron chi connectivity index (χ4n) is 3.05. The van der Waals surface area contributed by atoms with E-state index in [2.05, 4.69) is 20.1 Å². The highest BCUT2D eigenvalue weighted by atomic mass is 16.6. The second kappa shape index (κ2) is 7.23. The Morgan fingerprint density at radius 3 is 2.79 bits per heavy atom. The van der Waals surface area contributed by atoms with Gasteiger partial charge in [-0.15, -0.1) is 0 Å². The van der Waals surface area contributed by atoms with E-state index < -0.39 is 11.7 Å². The number of alkyl carbamates (subject to hydrolysis) is 1. The predicted molar refractivity (Wildman–Crippen MR) is 105 cm³/mol. The van der Waals surface area contributed by atoms with Crippen LogP contribution in [0.15, 0.2) is 29.5 Å². The van der Waals surface area contributed by atoms with Crippen LogP contribution in [0.4, 0.5) is 10.5 Å². The molecule has 3 rings (SSSR count). The van der Waals surface area contributed by atoms with Crippen LogP contribution in [0.2, 0.25) is 0 Å². The van der Waals surface area contributed by atoms with E-state index in [9.17, 15) is 9.59 Å². The number of fused-ring (bicyclic) bond motifs is 1. The number of carbonyl (C=O) groups excluding carboxylic acids is 1. The Bertz CT molecular complexity index is 1120. The molecule has 0 bridgehead atoms. The van der Waals surface area contributed by atoms with Crippen LogP contribution in [0.3, 0.4) is 0 Å². The molecule has 146 valence electrons. The topological polar surface area (TPSA) is 98.3 Å². The molecule has 0 aliphatic rings. The SMILES string of the molecule is [C-]#[N+]c1c(-c2cccn2C)n(CCNC(=O)OC(C)(C)C)c2c(=O)[nH]cnc12. The van der Waals surface area contributed by atoms with Gasteiger partial charge < -0.3 is 24.2 Å². The summed E-state index contributed by atoms with van der Waals surface area (Å²) >= 11 is 0. The molecule has 9 nitrogen and oxygen atoms in total. The smallest absolute Gasteiger partial charge is 0.407 e. The summed E-state index contributed by atoms with van der Waals surface area (Å²) in [6.07, 6.45) is 2.61. The summed E-state index contributed by atoms with van der Waals surface area (Å²) in [4.78, 5) is 34.8. The van der Waals surface area contributed by atoms with Gasteiger partial charge in [-0.05, 0) is 32.9 Å². The molecule has 1 amide bonds. The fourth-order valence-corrected chi connectivity index (χ4v) is 3.05. The number of nitrogens with zero attached hydrogens (tertiary/aromatic N) is 4. The van der Waals surface area contributed by atoms with Gasteiger partial charge in [-0.2, -0.15) is 0 Å². The van der Waals surface area contributed by atoms with Crippen molar-refractivity contribution in [3.05, 3.63) is 46.4 Å². The molecule has 0 aliphatic heterocycles. The van der Waals surface area contributed by atoms with Crippen LogP contribution in [-0.4, -0.2) is 37.3 Å². The largest absolute Gasteiger partial charge is 0.444 e. The molecule has 0 saturated heterocycles. The zero-order valence-corrected chi connectivity index (χ0v) is 16.2. The van der Waals surface area contributed by atoms with Gasteiger partial charge in [0.05, 0.1) is 24.3 Å². The number of hydrogen-bond acceptors (Lipinski definition) is 4. The van der Waals surface area contributed by atoms with Crippen molar-refractivity contribution < 1.29 is 9.53 Å². The molecule has 0 fully saturated rings. The molecular weight excluding hydrogens is 360 g/mol. The summed E-state index contributed by atoms with van der Waals surface area (Å²) in [6, 6.07) is 3.73. The summed E-state index contributed by atoms with van der Waals surface area (Å²) in [5.74, 6) is 0. The maximum atomic E-state index is 12.5.